The molecule has 26 heavy (non-hydrogen) atoms. The third kappa shape index (κ3) is 6.20. The first-order valence-electron chi connectivity index (χ1n) is 8.41. The van der Waals surface area contributed by atoms with Crippen LogP contribution in [0.1, 0.15) is 36.4 Å². The Hall–Kier alpha value is -2.89. The maximum atomic E-state index is 12.8. The highest BCUT2D eigenvalue weighted by Crippen LogP contribution is 2.21. The van der Waals surface area contributed by atoms with E-state index in [9.17, 15) is 14.0 Å². The number of amides is 1. The van der Waals surface area contributed by atoms with Crippen molar-refractivity contribution in [2.45, 2.75) is 32.2 Å². The second-order valence-electron chi connectivity index (χ2n) is 5.98. The number of ether oxygens (including phenoxy) is 1. The molecule has 2 rings (SSSR count). The maximum absolute atomic E-state index is 12.8. The van der Waals surface area contributed by atoms with Crippen LogP contribution in [0.5, 0.6) is 5.75 Å². The molecule has 0 aromatic heterocycles. The summed E-state index contributed by atoms with van der Waals surface area (Å²) in [6, 6.07) is 12.5. The highest BCUT2D eigenvalue weighted by Gasteiger charge is 2.19. The number of halogens is 1. The van der Waals surface area contributed by atoms with E-state index in [2.05, 4.69) is 5.32 Å². The Morgan fingerprint density at radius 2 is 1.85 bits per heavy atom. The van der Waals surface area contributed by atoms with E-state index in [1.165, 1.54) is 24.3 Å². The molecule has 0 spiro atoms. The summed E-state index contributed by atoms with van der Waals surface area (Å²) in [6.07, 6.45) is 0.503. The average molecular weight is 359 g/mol. The molecule has 0 saturated carbocycles. The number of benzene rings is 2. The average Bonchev–Trinajstić information content (AvgIpc) is 2.60. The quantitative estimate of drug-likeness (QED) is 0.671. The highest BCUT2D eigenvalue weighted by molar-refractivity contribution is 5.77. The lowest BCUT2D eigenvalue weighted by Crippen LogP contribution is -2.30. The molecular formula is C20H22FNO4. The van der Waals surface area contributed by atoms with Crippen molar-refractivity contribution in [3.8, 4) is 5.75 Å². The molecule has 1 amide bonds. The van der Waals surface area contributed by atoms with Gasteiger partial charge in [0, 0.05) is 6.42 Å². The van der Waals surface area contributed by atoms with Crippen LogP contribution in [0.2, 0.25) is 0 Å². The fourth-order valence-corrected chi connectivity index (χ4v) is 2.61. The van der Waals surface area contributed by atoms with Crippen molar-refractivity contribution >= 4 is 11.9 Å². The summed E-state index contributed by atoms with van der Waals surface area (Å²) in [5, 5.41) is 11.9. The number of aliphatic carboxylic acids is 1. The summed E-state index contributed by atoms with van der Waals surface area (Å²) in [7, 11) is 0. The van der Waals surface area contributed by atoms with Crippen LogP contribution < -0.4 is 10.1 Å². The number of rotatable bonds is 9. The molecule has 0 fully saturated rings. The van der Waals surface area contributed by atoms with E-state index in [1.807, 2.05) is 31.2 Å². The van der Waals surface area contributed by atoms with Crippen LogP contribution in [0.15, 0.2) is 48.5 Å². The summed E-state index contributed by atoms with van der Waals surface area (Å²) in [4.78, 5) is 23.3. The van der Waals surface area contributed by atoms with E-state index in [-0.39, 0.29) is 24.6 Å². The van der Waals surface area contributed by atoms with Crippen molar-refractivity contribution in [3.05, 3.63) is 65.5 Å². The summed E-state index contributed by atoms with van der Waals surface area (Å²) in [6.45, 7) is 2.19. The number of carbonyl (C=O) groups is 2. The second-order valence-corrected chi connectivity index (χ2v) is 5.98. The number of carboxylic acid groups (broad SMARTS) is 1. The zero-order valence-corrected chi connectivity index (χ0v) is 14.6. The largest absolute Gasteiger partial charge is 0.494 e. The Kier molecular flexibility index (Phi) is 7.14. The fourth-order valence-electron chi connectivity index (χ4n) is 2.61. The van der Waals surface area contributed by atoms with E-state index in [0.29, 0.717) is 18.8 Å². The van der Waals surface area contributed by atoms with Gasteiger partial charge in [-0.25, -0.2) is 4.39 Å². The summed E-state index contributed by atoms with van der Waals surface area (Å²) in [5.74, 6) is -1.01. The molecule has 0 aliphatic rings. The van der Waals surface area contributed by atoms with Crippen LogP contribution in [0.3, 0.4) is 0 Å². The monoisotopic (exact) mass is 359 g/mol. The number of hydrogen-bond acceptors (Lipinski definition) is 3. The van der Waals surface area contributed by atoms with Crippen LogP contribution in [-0.4, -0.2) is 23.6 Å². The number of aryl methyl sites for hydroxylation is 1. The SMILES string of the molecule is Cc1ccccc1C(CC(=O)O)NC(=O)CCCOc1ccc(F)cc1. The zero-order valence-electron chi connectivity index (χ0n) is 14.6. The molecule has 2 aromatic carbocycles. The minimum Gasteiger partial charge on any atom is -0.494 e. The van der Waals surface area contributed by atoms with Gasteiger partial charge in [0.25, 0.3) is 0 Å². The summed E-state index contributed by atoms with van der Waals surface area (Å²) < 4.78 is 18.3. The Morgan fingerprint density at radius 3 is 2.50 bits per heavy atom. The molecule has 0 saturated heterocycles. The molecular weight excluding hydrogens is 337 g/mol. The van der Waals surface area contributed by atoms with Crippen molar-refractivity contribution in [1.82, 2.24) is 5.32 Å². The number of nitrogens with one attached hydrogen (secondary N) is 1. The van der Waals surface area contributed by atoms with Crippen LogP contribution in [0.25, 0.3) is 0 Å². The van der Waals surface area contributed by atoms with Gasteiger partial charge in [-0.15, -0.1) is 0 Å². The lowest BCUT2D eigenvalue weighted by molar-refractivity contribution is -0.137. The summed E-state index contributed by atoms with van der Waals surface area (Å²) in [5.41, 5.74) is 1.73. The van der Waals surface area contributed by atoms with Gasteiger partial charge in [-0.1, -0.05) is 24.3 Å². The predicted octanol–water partition coefficient (Wildman–Crippen LogP) is 3.63. The molecule has 0 aliphatic carbocycles. The van der Waals surface area contributed by atoms with Gasteiger partial charge in [0.15, 0.2) is 0 Å². The van der Waals surface area contributed by atoms with Crippen LogP contribution in [-0.2, 0) is 9.59 Å². The van der Waals surface area contributed by atoms with Gasteiger partial charge in [0.1, 0.15) is 11.6 Å². The zero-order chi connectivity index (χ0) is 18.9. The van der Waals surface area contributed by atoms with Crippen molar-refractivity contribution in [1.29, 1.82) is 0 Å². The molecule has 2 aromatic rings. The first-order chi connectivity index (χ1) is 12.5. The van der Waals surface area contributed by atoms with E-state index in [4.69, 9.17) is 9.84 Å². The third-order valence-electron chi connectivity index (χ3n) is 3.91. The van der Waals surface area contributed by atoms with Crippen LogP contribution >= 0.6 is 0 Å². The second kappa shape index (κ2) is 9.56. The number of carbonyl (C=O) groups excluding carboxylic acids is 1. The lowest BCUT2D eigenvalue weighted by Gasteiger charge is -2.19. The molecule has 1 atom stereocenters. The standard InChI is InChI=1S/C20H22FNO4/c1-14-5-2-3-6-17(14)18(13-20(24)25)22-19(23)7-4-12-26-16-10-8-15(21)9-11-16/h2-3,5-6,8-11,18H,4,7,12-13H2,1H3,(H,22,23)(H,24,25). The molecule has 0 radical (unpaired) electrons. The van der Waals surface area contributed by atoms with Gasteiger partial charge < -0.3 is 15.2 Å². The van der Waals surface area contributed by atoms with Crippen LogP contribution in [0, 0.1) is 12.7 Å². The van der Waals surface area contributed by atoms with Crippen molar-refractivity contribution < 1.29 is 23.8 Å². The third-order valence-corrected chi connectivity index (χ3v) is 3.91. The Bertz CT molecular complexity index is 746. The molecule has 1 unspecified atom stereocenters. The highest BCUT2D eigenvalue weighted by atomic mass is 19.1. The number of hydrogen-bond donors (Lipinski definition) is 2. The van der Waals surface area contributed by atoms with Crippen LogP contribution in [0.4, 0.5) is 4.39 Å². The first-order valence-corrected chi connectivity index (χ1v) is 8.41. The van der Waals surface area contributed by atoms with Gasteiger partial charge in [-0.05, 0) is 48.7 Å². The van der Waals surface area contributed by atoms with Crippen molar-refractivity contribution in [2.75, 3.05) is 6.61 Å². The number of carboxylic acids is 1. The van der Waals surface area contributed by atoms with E-state index in [1.54, 1.807) is 0 Å². The molecule has 0 aliphatic heterocycles. The van der Waals surface area contributed by atoms with Crippen molar-refractivity contribution in [3.63, 3.8) is 0 Å². The van der Waals surface area contributed by atoms with E-state index in [0.717, 1.165) is 11.1 Å². The van der Waals surface area contributed by atoms with Crippen molar-refractivity contribution in [2.24, 2.45) is 0 Å². The van der Waals surface area contributed by atoms with Gasteiger partial charge in [0.2, 0.25) is 5.91 Å². The van der Waals surface area contributed by atoms with E-state index < -0.39 is 12.0 Å². The Morgan fingerprint density at radius 1 is 1.15 bits per heavy atom. The lowest BCUT2D eigenvalue weighted by atomic mass is 9.98. The normalized spacial score (nSPS) is 11.6. The maximum Gasteiger partial charge on any atom is 0.305 e. The molecule has 0 heterocycles. The molecule has 5 nitrogen and oxygen atoms in total. The summed E-state index contributed by atoms with van der Waals surface area (Å²) >= 11 is 0. The first kappa shape index (κ1) is 19.4. The van der Waals surface area contributed by atoms with Gasteiger partial charge in [-0.2, -0.15) is 0 Å². The Labute approximate surface area is 151 Å². The molecule has 0 bridgehead atoms. The topological polar surface area (TPSA) is 75.6 Å². The minimum absolute atomic E-state index is 0.178. The molecule has 138 valence electrons. The minimum atomic E-state index is -0.974. The van der Waals surface area contributed by atoms with Gasteiger partial charge in [0.05, 0.1) is 19.1 Å². The molecule has 2 N–H and O–H groups in total. The van der Waals surface area contributed by atoms with E-state index >= 15 is 0 Å². The fraction of sp³-hybridized carbons (Fsp3) is 0.300. The molecule has 6 heteroatoms. The van der Waals surface area contributed by atoms with Gasteiger partial charge >= 0.3 is 5.97 Å². The smallest absolute Gasteiger partial charge is 0.305 e. The Balaban J connectivity index is 1.84. The predicted molar refractivity (Wildman–Crippen MR) is 95.4 cm³/mol. The van der Waals surface area contributed by atoms with Gasteiger partial charge in [-0.3, -0.25) is 9.59 Å².